The minimum absolute atomic E-state index is 0.190. The first-order chi connectivity index (χ1) is 10.1. The highest BCUT2D eigenvalue weighted by molar-refractivity contribution is 9.10. The summed E-state index contributed by atoms with van der Waals surface area (Å²) >= 11 is 3.64. The van der Waals surface area contributed by atoms with Crippen LogP contribution >= 0.6 is 15.9 Å². The van der Waals surface area contributed by atoms with E-state index in [-0.39, 0.29) is 5.82 Å². The fourth-order valence-electron chi connectivity index (χ4n) is 2.28. The molecule has 21 heavy (non-hydrogen) atoms. The molecule has 2 aromatic carbocycles. The molecule has 4 heteroatoms. The van der Waals surface area contributed by atoms with Crippen molar-refractivity contribution in [2.75, 3.05) is 14.1 Å². The lowest BCUT2D eigenvalue weighted by atomic mass is 10.1. The van der Waals surface area contributed by atoms with Gasteiger partial charge < -0.3 is 5.32 Å². The molecule has 0 spiro atoms. The highest BCUT2D eigenvalue weighted by Crippen LogP contribution is 2.20. The van der Waals surface area contributed by atoms with Crippen LogP contribution in [0.1, 0.15) is 16.7 Å². The van der Waals surface area contributed by atoms with E-state index < -0.39 is 0 Å². The van der Waals surface area contributed by atoms with Crippen LogP contribution in [0.3, 0.4) is 0 Å². The first kappa shape index (κ1) is 16.1. The van der Waals surface area contributed by atoms with E-state index >= 15 is 0 Å². The molecule has 0 aliphatic carbocycles. The molecule has 0 unspecified atom stereocenters. The van der Waals surface area contributed by atoms with Gasteiger partial charge in [0.25, 0.3) is 0 Å². The molecule has 0 aromatic heterocycles. The molecule has 0 aliphatic rings. The Morgan fingerprint density at radius 3 is 2.33 bits per heavy atom. The van der Waals surface area contributed by atoms with Crippen LogP contribution in [0.25, 0.3) is 0 Å². The van der Waals surface area contributed by atoms with Gasteiger partial charge in [0.05, 0.1) is 0 Å². The highest BCUT2D eigenvalue weighted by Gasteiger charge is 2.06. The first-order valence-corrected chi connectivity index (χ1v) is 7.72. The second kappa shape index (κ2) is 7.69. The monoisotopic (exact) mass is 350 g/mol. The summed E-state index contributed by atoms with van der Waals surface area (Å²) in [5, 5.41) is 3.15. The molecular formula is C17H20BrFN2. The molecule has 0 saturated carbocycles. The quantitative estimate of drug-likeness (QED) is 0.848. The van der Waals surface area contributed by atoms with Gasteiger partial charge in [0, 0.05) is 24.1 Å². The van der Waals surface area contributed by atoms with Crippen molar-refractivity contribution >= 4 is 15.9 Å². The Labute approximate surface area is 134 Å². The Hall–Kier alpha value is -1.23. The van der Waals surface area contributed by atoms with Gasteiger partial charge >= 0.3 is 0 Å². The second-order valence-corrected chi connectivity index (χ2v) is 6.11. The molecule has 2 nitrogen and oxygen atoms in total. The van der Waals surface area contributed by atoms with E-state index in [2.05, 4.69) is 51.4 Å². The Kier molecular flexibility index (Phi) is 5.91. The molecule has 0 fully saturated rings. The van der Waals surface area contributed by atoms with Crippen LogP contribution in [-0.4, -0.2) is 19.0 Å². The third-order valence-corrected chi connectivity index (χ3v) is 4.04. The SMILES string of the molecule is CNCc1ccc(CN(C)Cc2ccc(F)cc2)c(Br)c1. The zero-order valence-corrected chi connectivity index (χ0v) is 14.0. The molecule has 2 aromatic rings. The largest absolute Gasteiger partial charge is 0.316 e. The van der Waals surface area contributed by atoms with Crippen molar-refractivity contribution in [1.29, 1.82) is 0 Å². The topological polar surface area (TPSA) is 15.3 Å². The number of rotatable bonds is 6. The van der Waals surface area contributed by atoms with Crippen molar-refractivity contribution < 1.29 is 4.39 Å². The van der Waals surface area contributed by atoms with Gasteiger partial charge in [-0.15, -0.1) is 0 Å². The van der Waals surface area contributed by atoms with E-state index in [1.807, 2.05) is 19.2 Å². The van der Waals surface area contributed by atoms with E-state index in [0.29, 0.717) is 0 Å². The molecule has 0 heterocycles. The maximum atomic E-state index is 12.9. The van der Waals surface area contributed by atoms with Gasteiger partial charge in [0.1, 0.15) is 5.82 Å². The van der Waals surface area contributed by atoms with E-state index in [4.69, 9.17) is 0 Å². The average molecular weight is 351 g/mol. The van der Waals surface area contributed by atoms with Crippen molar-refractivity contribution in [1.82, 2.24) is 10.2 Å². The van der Waals surface area contributed by atoms with E-state index in [9.17, 15) is 4.39 Å². The van der Waals surface area contributed by atoms with Gasteiger partial charge in [-0.2, -0.15) is 0 Å². The normalized spacial score (nSPS) is 11.1. The number of hydrogen-bond acceptors (Lipinski definition) is 2. The molecule has 1 N–H and O–H groups in total. The Morgan fingerprint density at radius 1 is 1.05 bits per heavy atom. The van der Waals surface area contributed by atoms with Crippen LogP contribution in [0.5, 0.6) is 0 Å². The molecule has 112 valence electrons. The van der Waals surface area contributed by atoms with E-state index in [1.165, 1.54) is 23.3 Å². The van der Waals surface area contributed by atoms with Crippen molar-refractivity contribution in [3.05, 3.63) is 69.4 Å². The maximum Gasteiger partial charge on any atom is 0.123 e. The van der Waals surface area contributed by atoms with Crippen LogP contribution < -0.4 is 5.32 Å². The fourth-order valence-corrected chi connectivity index (χ4v) is 2.83. The lowest BCUT2D eigenvalue weighted by Gasteiger charge is -2.18. The van der Waals surface area contributed by atoms with Gasteiger partial charge in [-0.3, -0.25) is 4.90 Å². The number of benzene rings is 2. The van der Waals surface area contributed by atoms with Crippen LogP contribution in [0.2, 0.25) is 0 Å². The third-order valence-electron chi connectivity index (χ3n) is 3.30. The Balaban J connectivity index is 1.98. The minimum Gasteiger partial charge on any atom is -0.316 e. The average Bonchev–Trinajstić information content (AvgIpc) is 2.45. The summed E-state index contributed by atoms with van der Waals surface area (Å²) in [5.74, 6) is -0.190. The Morgan fingerprint density at radius 2 is 1.71 bits per heavy atom. The summed E-state index contributed by atoms with van der Waals surface area (Å²) in [4.78, 5) is 2.21. The van der Waals surface area contributed by atoms with Crippen LogP contribution in [-0.2, 0) is 19.6 Å². The number of nitrogens with zero attached hydrogens (tertiary/aromatic N) is 1. The van der Waals surface area contributed by atoms with Crippen molar-refractivity contribution in [2.24, 2.45) is 0 Å². The second-order valence-electron chi connectivity index (χ2n) is 5.25. The minimum atomic E-state index is -0.190. The predicted octanol–water partition coefficient (Wildman–Crippen LogP) is 3.94. The number of hydrogen-bond donors (Lipinski definition) is 1. The molecule has 0 aliphatic heterocycles. The smallest absolute Gasteiger partial charge is 0.123 e. The third kappa shape index (κ3) is 4.92. The van der Waals surface area contributed by atoms with E-state index in [1.54, 1.807) is 0 Å². The maximum absolute atomic E-state index is 12.9. The molecule has 0 bridgehead atoms. The van der Waals surface area contributed by atoms with Crippen LogP contribution in [0.4, 0.5) is 4.39 Å². The summed E-state index contributed by atoms with van der Waals surface area (Å²) in [5.41, 5.74) is 3.62. The zero-order valence-electron chi connectivity index (χ0n) is 12.4. The van der Waals surface area contributed by atoms with Crippen LogP contribution in [0, 0.1) is 5.82 Å². The Bertz CT molecular complexity index is 584. The van der Waals surface area contributed by atoms with Crippen molar-refractivity contribution in [3.8, 4) is 0 Å². The lowest BCUT2D eigenvalue weighted by molar-refractivity contribution is 0.318. The zero-order chi connectivity index (χ0) is 15.2. The molecule has 2 rings (SSSR count). The van der Waals surface area contributed by atoms with Gasteiger partial charge in [-0.25, -0.2) is 4.39 Å². The van der Waals surface area contributed by atoms with Gasteiger partial charge in [0.15, 0.2) is 0 Å². The lowest BCUT2D eigenvalue weighted by Crippen LogP contribution is -2.17. The standard InChI is InChI=1S/C17H20BrFN2/c1-20-10-14-3-6-15(17(18)9-14)12-21(2)11-13-4-7-16(19)8-5-13/h3-9,20H,10-12H2,1-2H3. The van der Waals surface area contributed by atoms with Gasteiger partial charge in [-0.05, 0) is 49.0 Å². The molecule has 0 saturated heterocycles. The van der Waals surface area contributed by atoms with E-state index in [0.717, 1.165) is 29.7 Å². The molecule has 0 radical (unpaired) electrons. The van der Waals surface area contributed by atoms with Gasteiger partial charge in [0.2, 0.25) is 0 Å². The number of halogens is 2. The molecule has 0 amide bonds. The first-order valence-electron chi connectivity index (χ1n) is 6.93. The summed E-state index contributed by atoms with van der Waals surface area (Å²) in [6, 6.07) is 13.1. The van der Waals surface area contributed by atoms with Gasteiger partial charge in [-0.1, -0.05) is 40.2 Å². The summed E-state index contributed by atoms with van der Waals surface area (Å²) in [7, 11) is 4.01. The molecule has 0 atom stereocenters. The molecular weight excluding hydrogens is 331 g/mol. The van der Waals surface area contributed by atoms with Crippen LogP contribution in [0.15, 0.2) is 46.9 Å². The summed E-state index contributed by atoms with van der Waals surface area (Å²) in [6.07, 6.45) is 0. The van der Waals surface area contributed by atoms with Crippen molar-refractivity contribution in [2.45, 2.75) is 19.6 Å². The number of nitrogens with one attached hydrogen (secondary N) is 1. The summed E-state index contributed by atoms with van der Waals surface area (Å²) < 4.78 is 14.0. The fraction of sp³-hybridized carbons (Fsp3) is 0.294. The predicted molar refractivity (Wildman–Crippen MR) is 88.5 cm³/mol. The summed E-state index contributed by atoms with van der Waals surface area (Å²) in [6.45, 7) is 2.51. The highest BCUT2D eigenvalue weighted by atomic mass is 79.9. The van der Waals surface area contributed by atoms with Crippen molar-refractivity contribution in [3.63, 3.8) is 0 Å².